The molecule has 8 heteroatoms. The van der Waals surface area contributed by atoms with Gasteiger partial charge in [-0.2, -0.15) is 5.10 Å². The standard InChI is InChI=1S/C11H20N4O2S.ClH/c1-9-11(8-13-15(9)2)18(16,17)14-7-10-4-3-5-12-6-10;/h8,10,12,14H,3-7H2,1-2H3;1H. The summed E-state index contributed by atoms with van der Waals surface area (Å²) in [7, 11) is -1.70. The summed E-state index contributed by atoms with van der Waals surface area (Å²) in [6.45, 7) is 4.16. The summed E-state index contributed by atoms with van der Waals surface area (Å²) in [5.74, 6) is 0.380. The molecule has 2 N–H and O–H groups in total. The zero-order valence-electron chi connectivity index (χ0n) is 11.2. The van der Waals surface area contributed by atoms with Gasteiger partial charge in [-0.1, -0.05) is 0 Å². The van der Waals surface area contributed by atoms with Crippen LogP contribution >= 0.6 is 12.4 Å². The molecule has 1 aromatic heterocycles. The van der Waals surface area contributed by atoms with Gasteiger partial charge in [0.25, 0.3) is 0 Å². The molecule has 1 atom stereocenters. The quantitative estimate of drug-likeness (QED) is 0.846. The van der Waals surface area contributed by atoms with Crippen LogP contribution in [0.4, 0.5) is 0 Å². The highest BCUT2D eigenvalue weighted by molar-refractivity contribution is 7.89. The van der Waals surface area contributed by atoms with Gasteiger partial charge in [0, 0.05) is 13.6 Å². The molecule has 1 fully saturated rings. The van der Waals surface area contributed by atoms with E-state index < -0.39 is 10.0 Å². The van der Waals surface area contributed by atoms with Gasteiger partial charge in [0.15, 0.2) is 0 Å². The maximum Gasteiger partial charge on any atom is 0.243 e. The lowest BCUT2D eigenvalue weighted by Gasteiger charge is -2.22. The van der Waals surface area contributed by atoms with E-state index in [-0.39, 0.29) is 17.3 Å². The molecule has 19 heavy (non-hydrogen) atoms. The van der Waals surface area contributed by atoms with Crippen molar-refractivity contribution in [1.29, 1.82) is 0 Å². The zero-order chi connectivity index (χ0) is 13.2. The van der Waals surface area contributed by atoms with Gasteiger partial charge in [0.1, 0.15) is 4.90 Å². The Morgan fingerprint density at radius 3 is 2.84 bits per heavy atom. The predicted molar refractivity (Wildman–Crippen MR) is 76.0 cm³/mol. The number of hydrogen-bond acceptors (Lipinski definition) is 4. The van der Waals surface area contributed by atoms with Crippen molar-refractivity contribution in [3.8, 4) is 0 Å². The Labute approximate surface area is 120 Å². The molecule has 2 heterocycles. The molecule has 1 aliphatic rings. The van der Waals surface area contributed by atoms with Gasteiger partial charge < -0.3 is 5.32 Å². The van der Waals surface area contributed by atoms with Crippen molar-refractivity contribution in [2.75, 3.05) is 19.6 Å². The number of sulfonamides is 1. The van der Waals surface area contributed by atoms with E-state index in [0.717, 1.165) is 25.9 Å². The number of aryl methyl sites for hydroxylation is 1. The largest absolute Gasteiger partial charge is 0.316 e. The van der Waals surface area contributed by atoms with E-state index in [1.807, 2.05) is 0 Å². The van der Waals surface area contributed by atoms with Gasteiger partial charge in [-0.3, -0.25) is 4.68 Å². The van der Waals surface area contributed by atoms with Crippen molar-refractivity contribution in [3.05, 3.63) is 11.9 Å². The summed E-state index contributed by atoms with van der Waals surface area (Å²) in [5.41, 5.74) is 0.657. The molecule has 1 aliphatic heterocycles. The van der Waals surface area contributed by atoms with Gasteiger partial charge in [0.05, 0.1) is 11.9 Å². The predicted octanol–water partition coefficient (Wildman–Crippen LogP) is 0.428. The van der Waals surface area contributed by atoms with E-state index in [0.29, 0.717) is 18.2 Å². The first kappa shape index (κ1) is 16.4. The lowest BCUT2D eigenvalue weighted by atomic mass is 10.0. The number of hydrogen-bond donors (Lipinski definition) is 2. The third-order valence-electron chi connectivity index (χ3n) is 3.44. The summed E-state index contributed by atoms with van der Waals surface area (Å²) in [5, 5.41) is 7.24. The molecule has 2 rings (SSSR count). The minimum atomic E-state index is -3.43. The van der Waals surface area contributed by atoms with Crippen molar-refractivity contribution >= 4 is 22.4 Å². The fraction of sp³-hybridized carbons (Fsp3) is 0.727. The summed E-state index contributed by atoms with van der Waals surface area (Å²) >= 11 is 0. The Kier molecular flexibility index (Phi) is 5.79. The molecule has 0 amide bonds. The van der Waals surface area contributed by atoms with Crippen molar-refractivity contribution in [2.24, 2.45) is 13.0 Å². The van der Waals surface area contributed by atoms with Gasteiger partial charge in [0.2, 0.25) is 10.0 Å². The smallest absolute Gasteiger partial charge is 0.243 e. The Hall–Kier alpha value is -0.630. The number of nitrogens with one attached hydrogen (secondary N) is 2. The molecule has 0 aromatic carbocycles. The topological polar surface area (TPSA) is 76.0 Å². The van der Waals surface area contributed by atoms with E-state index in [1.165, 1.54) is 6.20 Å². The summed E-state index contributed by atoms with van der Waals surface area (Å²) in [6.07, 6.45) is 3.58. The molecule has 0 radical (unpaired) electrons. The Morgan fingerprint density at radius 1 is 1.58 bits per heavy atom. The third-order valence-corrected chi connectivity index (χ3v) is 4.97. The number of aromatic nitrogens is 2. The molecule has 1 unspecified atom stereocenters. The second-order valence-corrected chi connectivity index (χ2v) is 6.52. The van der Waals surface area contributed by atoms with Gasteiger partial charge in [-0.25, -0.2) is 13.1 Å². The van der Waals surface area contributed by atoms with Crippen LogP contribution in [0.3, 0.4) is 0 Å². The highest BCUT2D eigenvalue weighted by Gasteiger charge is 2.22. The van der Waals surface area contributed by atoms with E-state index in [1.54, 1.807) is 18.7 Å². The molecule has 0 saturated carbocycles. The van der Waals surface area contributed by atoms with Crippen LogP contribution in [0.25, 0.3) is 0 Å². The highest BCUT2D eigenvalue weighted by atomic mass is 35.5. The van der Waals surface area contributed by atoms with Crippen molar-refractivity contribution < 1.29 is 8.42 Å². The van der Waals surface area contributed by atoms with E-state index in [2.05, 4.69) is 15.1 Å². The normalized spacial score (nSPS) is 20.0. The molecule has 0 bridgehead atoms. The molecule has 1 saturated heterocycles. The van der Waals surface area contributed by atoms with Crippen LogP contribution in [0.15, 0.2) is 11.1 Å². The van der Waals surface area contributed by atoms with Gasteiger partial charge in [-0.05, 0) is 38.8 Å². The molecule has 110 valence electrons. The highest BCUT2D eigenvalue weighted by Crippen LogP contribution is 2.14. The number of rotatable bonds is 4. The van der Waals surface area contributed by atoms with Crippen LogP contribution in [0.5, 0.6) is 0 Å². The second-order valence-electron chi connectivity index (χ2n) is 4.78. The maximum absolute atomic E-state index is 12.1. The first-order valence-corrected chi connectivity index (χ1v) is 7.68. The fourth-order valence-corrected chi connectivity index (χ4v) is 3.46. The summed E-state index contributed by atoms with van der Waals surface area (Å²) in [4.78, 5) is 0.272. The monoisotopic (exact) mass is 308 g/mol. The minimum Gasteiger partial charge on any atom is -0.316 e. The van der Waals surface area contributed by atoms with Crippen molar-refractivity contribution in [1.82, 2.24) is 19.8 Å². The number of piperidine rings is 1. The Balaban J connectivity index is 0.00000180. The van der Waals surface area contributed by atoms with E-state index >= 15 is 0 Å². The van der Waals surface area contributed by atoms with E-state index in [9.17, 15) is 8.42 Å². The SMILES string of the molecule is Cc1c(S(=O)(=O)NCC2CCCNC2)cnn1C.Cl. The van der Waals surface area contributed by atoms with Crippen LogP contribution in [-0.2, 0) is 17.1 Å². The third kappa shape index (κ3) is 3.92. The van der Waals surface area contributed by atoms with Crippen LogP contribution in [0, 0.1) is 12.8 Å². The second kappa shape index (κ2) is 6.69. The van der Waals surface area contributed by atoms with Crippen LogP contribution in [-0.4, -0.2) is 37.8 Å². The van der Waals surface area contributed by atoms with E-state index in [4.69, 9.17) is 0 Å². The molecular weight excluding hydrogens is 288 g/mol. The van der Waals surface area contributed by atoms with Gasteiger partial charge in [-0.15, -0.1) is 12.4 Å². The average Bonchev–Trinajstić information content (AvgIpc) is 2.70. The van der Waals surface area contributed by atoms with Gasteiger partial charge >= 0.3 is 0 Å². The first-order chi connectivity index (χ1) is 8.50. The maximum atomic E-state index is 12.1. The molecule has 0 spiro atoms. The summed E-state index contributed by atoms with van der Waals surface area (Å²) in [6, 6.07) is 0. The van der Waals surface area contributed by atoms with Crippen LogP contribution < -0.4 is 10.0 Å². The average molecular weight is 309 g/mol. The van der Waals surface area contributed by atoms with Crippen molar-refractivity contribution in [3.63, 3.8) is 0 Å². The first-order valence-electron chi connectivity index (χ1n) is 6.19. The Morgan fingerprint density at radius 2 is 2.32 bits per heavy atom. The van der Waals surface area contributed by atoms with Crippen LogP contribution in [0.1, 0.15) is 18.5 Å². The Bertz CT molecular complexity index is 509. The zero-order valence-corrected chi connectivity index (χ0v) is 12.9. The number of halogens is 1. The minimum absolute atomic E-state index is 0. The number of nitrogens with zero attached hydrogens (tertiary/aromatic N) is 2. The van der Waals surface area contributed by atoms with Crippen molar-refractivity contribution in [2.45, 2.75) is 24.7 Å². The molecule has 0 aliphatic carbocycles. The fourth-order valence-electron chi connectivity index (χ4n) is 2.15. The lowest BCUT2D eigenvalue weighted by Crippen LogP contribution is -2.38. The molecular formula is C11H21ClN4O2S. The molecule has 1 aromatic rings. The van der Waals surface area contributed by atoms with Crippen LogP contribution in [0.2, 0.25) is 0 Å². The lowest BCUT2D eigenvalue weighted by molar-refractivity contribution is 0.376. The summed E-state index contributed by atoms with van der Waals surface area (Å²) < 4.78 is 28.5. The molecule has 6 nitrogen and oxygen atoms in total.